The second kappa shape index (κ2) is 13.7. The second-order valence-electron chi connectivity index (χ2n) is 10.6. The fourth-order valence-electron chi connectivity index (χ4n) is 5.24. The van der Waals surface area contributed by atoms with Gasteiger partial charge < -0.3 is 25.3 Å². The lowest BCUT2D eigenvalue weighted by molar-refractivity contribution is -0.142. The molecule has 1 amide bonds. The number of carbonyl (C=O) groups excluding carboxylic acids is 2. The predicted molar refractivity (Wildman–Crippen MR) is 165 cm³/mol. The molecule has 4 aromatic carbocycles. The molecule has 0 saturated heterocycles. The van der Waals surface area contributed by atoms with Gasteiger partial charge in [-0.3, -0.25) is 15.0 Å². The topological polar surface area (TPSA) is 124 Å². The van der Waals surface area contributed by atoms with Crippen molar-refractivity contribution < 1.29 is 23.8 Å². The summed E-state index contributed by atoms with van der Waals surface area (Å²) >= 11 is 0. The van der Waals surface area contributed by atoms with Gasteiger partial charge in [0, 0.05) is 30.0 Å². The highest BCUT2D eigenvalue weighted by Gasteiger charge is 2.26. The average Bonchev–Trinajstić information content (AvgIpc) is 3.50. The number of amides is 1. The standard InChI is InChI=1S/C35H35N3O5/c1-23(39)41-21-30(19-25-8-5-9-29(18-25)34(36)37)31(16-10-24-6-3-2-4-7-24)38-35(40)27-13-11-26(12-14-27)28-15-17-32-33(20-28)43-22-42-32/h2-9,11-15,17-18,20,30-31H,10,16,19,21-22H2,1H3,(H3,36,37)(H,38,40). The minimum Gasteiger partial charge on any atom is -0.465 e. The van der Waals surface area contributed by atoms with Crippen LogP contribution in [0, 0.1) is 11.3 Å². The average molecular weight is 578 g/mol. The van der Waals surface area contributed by atoms with Crippen molar-refractivity contribution in [2.45, 2.75) is 32.2 Å². The van der Waals surface area contributed by atoms with E-state index >= 15 is 0 Å². The first-order valence-corrected chi connectivity index (χ1v) is 14.3. The quantitative estimate of drug-likeness (QED) is 0.116. The number of rotatable bonds is 12. The zero-order chi connectivity index (χ0) is 30.2. The van der Waals surface area contributed by atoms with E-state index < -0.39 is 0 Å². The first-order valence-electron chi connectivity index (χ1n) is 14.3. The highest BCUT2D eigenvalue weighted by molar-refractivity contribution is 5.95. The number of ether oxygens (including phenoxy) is 3. The highest BCUT2D eigenvalue weighted by atomic mass is 16.7. The second-order valence-corrected chi connectivity index (χ2v) is 10.6. The Bertz CT molecular complexity index is 1590. The fraction of sp³-hybridized carbons (Fsp3) is 0.229. The minimum atomic E-state index is -0.380. The Morgan fingerprint density at radius 2 is 1.58 bits per heavy atom. The third-order valence-electron chi connectivity index (χ3n) is 7.56. The molecule has 0 fully saturated rings. The van der Waals surface area contributed by atoms with Crippen LogP contribution in [0.5, 0.6) is 11.5 Å². The van der Waals surface area contributed by atoms with Crippen LogP contribution in [0.4, 0.5) is 0 Å². The van der Waals surface area contributed by atoms with E-state index in [1.165, 1.54) is 6.92 Å². The van der Waals surface area contributed by atoms with Gasteiger partial charge in [-0.15, -0.1) is 0 Å². The van der Waals surface area contributed by atoms with Crippen LogP contribution in [0.3, 0.4) is 0 Å². The molecule has 4 aromatic rings. The number of fused-ring (bicyclic) bond motifs is 1. The molecule has 4 N–H and O–H groups in total. The summed E-state index contributed by atoms with van der Waals surface area (Å²) in [7, 11) is 0. The van der Waals surface area contributed by atoms with Crippen LogP contribution in [-0.4, -0.2) is 37.2 Å². The third kappa shape index (κ3) is 7.80. The van der Waals surface area contributed by atoms with Crippen molar-refractivity contribution in [2.24, 2.45) is 11.7 Å². The number of carbonyl (C=O) groups is 2. The largest absolute Gasteiger partial charge is 0.465 e. The molecule has 43 heavy (non-hydrogen) atoms. The summed E-state index contributed by atoms with van der Waals surface area (Å²) < 4.78 is 16.4. The van der Waals surface area contributed by atoms with Crippen molar-refractivity contribution in [1.29, 1.82) is 5.41 Å². The Morgan fingerprint density at radius 3 is 2.33 bits per heavy atom. The molecule has 2 unspecified atom stereocenters. The van der Waals surface area contributed by atoms with Gasteiger partial charge in [-0.2, -0.15) is 0 Å². The van der Waals surface area contributed by atoms with Gasteiger partial charge in [-0.1, -0.05) is 66.7 Å². The summed E-state index contributed by atoms with van der Waals surface area (Å²) in [5.74, 6) is 0.601. The van der Waals surface area contributed by atoms with Crippen LogP contribution in [0.2, 0.25) is 0 Å². The van der Waals surface area contributed by atoms with E-state index in [1.54, 1.807) is 18.2 Å². The van der Waals surface area contributed by atoms with Crippen molar-refractivity contribution in [1.82, 2.24) is 5.32 Å². The van der Waals surface area contributed by atoms with Crippen LogP contribution in [-0.2, 0) is 22.4 Å². The summed E-state index contributed by atoms with van der Waals surface area (Å²) in [4.78, 5) is 25.4. The monoisotopic (exact) mass is 577 g/mol. The van der Waals surface area contributed by atoms with E-state index in [2.05, 4.69) is 17.4 Å². The molecule has 1 aliphatic heterocycles. The molecule has 220 valence electrons. The lowest BCUT2D eigenvalue weighted by Gasteiger charge is -2.28. The Kier molecular flexibility index (Phi) is 9.36. The molecule has 0 spiro atoms. The van der Waals surface area contributed by atoms with Gasteiger partial charge in [0.1, 0.15) is 5.84 Å². The number of amidine groups is 1. The lowest BCUT2D eigenvalue weighted by Crippen LogP contribution is -2.43. The number of hydrogen-bond acceptors (Lipinski definition) is 6. The van der Waals surface area contributed by atoms with E-state index in [0.717, 1.165) is 34.4 Å². The summed E-state index contributed by atoms with van der Waals surface area (Å²) in [6.45, 7) is 1.74. The zero-order valence-electron chi connectivity index (χ0n) is 24.0. The SMILES string of the molecule is CC(=O)OCC(Cc1cccc(C(=N)N)c1)C(CCc1ccccc1)NC(=O)c1ccc(-c2ccc3c(c2)OCO3)cc1. The van der Waals surface area contributed by atoms with E-state index in [4.69, 9.17) is 25.4 Å². The van der Waals surface area contributed by atoms with Gasteiger partial charge in [0.05, 0.1) is 6.61 Å². The first-order chi connectivity index (χ1) is 20.9. The third-order valence-corrected chi connectivity index (χ3v) is 7.56. The Hall–Kier alpha value is -5.11. The van der Waals surface area contributed by atoms with Gasteiger partial charge in [0.2, 0.25) is 6.79 Å². The molecule has 0 bridgehead atoms. The van der Waals surface area contributed by atoms with E-state index in [1.807, 2.05) is 66.7 Å². The van der Waals surface area contributed by atoms with Crippen molar-refractivity contribution in [3.05, 3.63) is 119 Å². The van der Waals surface area contributed by atoms with Crippen LogP contribution in [0.15, 0.2) is 97.1 Å². The molecule has 8 heteroatoms. The molecule has 0 saturated carbocycles. The van der Waals surface area contributed by atoms with Gasteiger partial charge in [-0.05, 0) is 71.8 Å². The van der Waals surface area contributed by atoms with Crippen LogP contribution < -0.4 is 20.5 Å². The molecular weight excluding hydrogens is 542 g/mol. The van der Waals surface area contributed by atoms with Crippen molar-refractivity contribution in [2.75, 3.05) is 13.4 Å². The summed E-state index contributed by atoms with van der Waals surface area (Å²) in [5, 5.41) is 11.1. The maximum Gasteiger partial charge on any atom is 0.302 e. The highest BCUT2D eigenvalue weighted by Crippen LogP contribution is 2.36. The maximum absolute atomic E-state index is 13.6. The number of nitrogens with one attached hydrogen (secondary N) is 2. The number of nitrogen functional groups attached to an aromatic ring is 1. The van der Waals surface area contributed by atoms with Crippen LogP contribution in [0.25, 0.3) is 11.1 Å². The number of hydrogen-bond donors (Lipinski definition) is 3. The molecule has 1 aliphatic rings. The molecule has 0 aliphatic carbocycles. The van der Waals surface area contributed by atoms with Crippen molar-refractivity contribution >= 4 is 17.7 Å². The smallest absolute Gasteiger partial charge is 0.302 e. The molecule has 8 nitrogen and oxygen atoms in total. The zero-order valence-corrected chi connectivity index (χ0v) is 24.0. The number of aryl methyl sites for hydroxylation is 1. The minimum absolute atomic E-state index is 0.0171. The van der Waals surface area contributed by atoms with Gasteiger partial charge in [0.25, 0.3) is 5.91 Å². The van der Waals surface area contributed by atoms with E-state index in [0.29, 0.717) is 29.7 Å². The van der Waals surface area contributed by atoms with Gasteiger partial charge >= 0.3 is 5.97 Å². The first kappa shape index (κ1) is 29.4. The van der Waals surface area contributed by atoms with Gasteiger partial charge in [0.15, 0.2) is 11.5 Å². The summed E-state index contributed by atoms with van der Waals surface area (Å²) in [6.07, 6.45) is 1.90. The number of benzene rings is 4. The van der Waals surface area contributed by atoms with Crippen molar-refractivity contribution in [3.63, 3.8) is 0 Å². The number of nitrogens with two attached hydrogens (primary N) is 1. The predicted octanol–water partition coefficient (Wildman–Crippen LogP) is 5.52. The normalized spacial score (nSPS) is 13.1. The van der Waals surface area contributed by atoms with Crippen molar-refractivity contribution in [3.8, 4) is 22.6 Å². The van der Waals surface area contributed by atoms with E-state index in [9.17, 15) is 9.59 Å². The lowest BCUT2D eigenvalue weighted by atomic mass is 9.88. The fourth-order valence-corrected chi connectivity index (χ4v) is 5.24. The summed E-state index contributed by atoms with van der Waals surface area (Å²) in [5.41, 5.74) is 10.9. The molecule has 1 heterocycles. The number of esters is 1. The van der Waals surface area contributed by atoms with Crippen LogP contribution >= 0.6 is 0 Å². The summed E-state index contributed by atoms with van der Waals surface area (Å²) in [6, 6.07) is 30.5. The Balaban J connectivity index is 1.37. The van der Waals surface area contributed by atoms with E-state index in [-0.39, 0.29) is 43.1 Å². The maximum atomic E-state index is 13.6. The molecule has 0 aromatic heterocycles. The Morgan fingerprint density at radius 1 is 0.860 bits per heavy atom. The Labute approximate surface area is 251 Å². The molecule has 2 atom stereocenters. The molecular formula is C35H35N3O5. The molecule has 5 rings (SSSR count). The van der Waals surface area contributed by atoms with Crippen LogP contribution in [0.1, 0.15) is 40.4 Å². The van der Waals surface area contributed by atoms with Gasteiger partial charge in [-0.25, -0.2) is 0 Å². The molecule has 0 radical (unpaired) electrons.